The standard InChI is InChI=1S/C19H20ClNO4/c20-16-10-14(11-17-19(16)25-8-2-7-24-17)12-21-15-4-1-3-13(9-15)5-6-18(22)23/h1,3-4,9-11,21H,2,5-8,12H2,(H,22,23). The minimum Gasteiger partial charge on any atom is -0.489 e. The van der Waals surface area contributed by atoms with Gasteiger partial charge in [0.05, 0.1) is 18.2 Å². The van der Waals surface area contributed by atoms with Crippen LogP contribution in [-0.4, -0.2) is 24.3 Å². The van der Waals surface area contributed by atoms with E-state index in [2.05, 4.69) is 5.32 Å². The first-order chi connectivity index (χ1) is 12.1. The normalized spacial score (nSPS) is 13.2. The van der Waals surface area contributed by atoms with Crippen molar-refractivity contribution in [3.63, 3.8) is 0 Å². The lowest BCUT2D eigenvalue weighted by Crippen LogP contribution is -2.02. The summed E-state index contributed by atoms with van der Waals surface area (Å²) in [7, 11) is 0. The second-order valence-electron chi connectivity index (χ2n) is 5.90. The number of carboxylic acid groups (broad SMARTS) is 1. The quantitative estimate of drug-likeness (QED) is 0.809. The first-order valence-electron chi connectivity index (χ1n) is 8.24. The number of hydrogen-bond donors (Lipinski definition) is 2. The van der Waals surface area contributed by atoms with Gasteiger partial charge in [0, 0.05) is 25.1 Å². The van der Waals surface area contributed by atoms with Crippen molar-refractivity contribution in [1.82, 2.24) is 0 Å². The average molecular weight is 362 g/mol. The maximum atomic E-state index is 10.7. The number of benzene rings is 2. The van der Waals surface area contributed by atoms with Crippen molar-refractivity contribution in [3.05, 3.63) is 52.5 Å². The molecule has 132 valence electrons. The summed E-state index contributed by atoms with van der Waals surface area (Å²) in [6.07, 6.45) is 1.48. The molecule has 0 unspecified atom stereocenters. The minimum absolute atomic E-state index is 0.126. The molecule has 6 heteroatoms. The predicted octanol–water partition coefficient (Wildman–Crippen LogP) is 4.13. The van der Waals surface area contributed by atoms with E-state index in [1.165, 1.54) is 0 Å². The number of nitrogens with one attached hydrogen (secondary N) is 1. The molecule has 0 spiro atoms. The summed E-state index contributed by atoms with van der Waals surface area (Å²) in [4.78, 5) is 10.7. The molecule has 1 aliphatic heterocycles. The SMILES string of the molecule is O=C(O)CCc1cccc(NCc2cc(Cl)c3c(c2)OCCCO3)c1. The van der Waals surface area contributed by atoms with Crippen LogP contribution in [0.15, 0.2) is 36.4 Å². The molecule has 0 aromatic heterocycles. The molecule has 1 heterocycles. The second kappa shape index (κ2) is 8.12. The number of fused-ring (bicyclic) bond motifs is 1. The third-order valence-electron chi connectivity index (χ3n) is 3.91. The van der Waals surface area contributed by atoms with Crippen LogP contribution in [0.4, 0.5) is 5.69 Å². The third-order valence-corrected chi connectivity index (χ3v) is 4.19. The van der Waals surface area contributed by atoms with Crippen LogP contribution < -0.4 is 14.8 Å². The fourth-order valence-corrected chi connectivity index (χ4v) is 2.97. The second-order valence-corrected chi connectivity index (χ2v) is 6.31. The largest absolute Gasteiger partial charge is 0.489 e. The number of aliphatic carboxylic acids is 1. The molecule has 0 amide bonds. The number of rotatable bonds is 6. The van der Waals surface area contributed by atoms with Gasteiger partial charge in [-0.15, -0.1) is 0 Å². The van der Waals surface area contributed by atoms with Crippen LogP contribution in [0, 0.1) is 0 Å². The summed E-state index contributed by atoms with van der Waals surface area (Å²) >= 11 is 6.31. The van der Waals surface area contributed by atoms with Crippen molar-refractivity contribution < 1.29 is 19.4 Å². The number of halogens is 1. The van der Waals surface area contributed by atoms with Gasteiger partial charge in [-0.1, -0.05) is 23.7 Å². The molecular formula is C19H20ClNO4. The lowest BCUT2D eigenvalue weighted by atomic mass is 10.1. The van der Waals surface area contributed by atoms with Gasteiger partial charge in [-0.05, 0) is 41.8 Å². The van der Waals surface area contributed by atoms with E-state index >= 15 is 0 Å². The van der Waals surface area contributed by atoms with Crippen molar-refractivity contribution in [2.24, 2.45) is 0 Å². The summed E-state index contributed by atoms with van der Waals surface area (Å²) < 4.78 is 11.3. The average Bonchev–Trinajstić information content (AvgIpc) is 2.84. The molecule has 0 radical (unpaired) electrons. The molecule has 1 aliphatic rings. The Balaban J connectivity index is 1.67. The summed E-state index contributed by atoms with van der Waals surface area (Å²) in [5.74, 6) is 0.496. The molecule has 0 atom stereocenters. The molecular weight excluding hydrogens is 342 g/mol. The maximum Gasteiger partial charge on any atom is 0.303 e. The van der Waals surface area contributed by atoms with E-state index in [0.717, 1.165) is 23.2 Å². The van der Waals surface area contributed by atoms with Crippen LogP contribution in [-0.2, 0) is 17.8 Å². The highest BCUT2D eigenvalue weighted by atomic mass is 35.5. The molecule has 5 nitrogen and oxygen atoms in total. The lowest BCUT2D eigenvalue weighted by Gasteiger charge is -2.13. The van der Waals surface area contributed by atoms with E-state index in [-0.39, 0.29) is 6.42 Å². The van der Waals surface area contributed by atoms with E-state index < -0.39 is 5.97 Å². The van der Waals surface area contributed by atoms with Crippen molar-refractivity contribution >= 4 is 23.3 Å². The minimum atomic E-state index is -0.791. The first kappa shape index (κ1) is 17.4. The molecule has 0 aliphatic carbocycles. The van der Waals surface area contributed by atoms with Crippen LogP contribution in [0.3, 0.4) is 0 Å². The number of anilines is 1. The highest BCUT2D eigenvalue weighted by Gasteiger charge is 2.15. The molecule has 3 rings (SSSR count). The van der Waals surface area contributed by atoms with Crippen molar-refractivity contribution in [3.8, 4) is 11.5 Å². The van der Waals surface area contributed by atoms with Gasteiger partial charge in [-0.2, -0.15) is 0 Å². The Morgan fingerprint density at radius 1 is 1.16 bits per heavy atom. The van der Waals surface area contributed by atoms with Gasteiger partial charge in [0.2, 0.25) is 0 Å². The summed E-state index contributed by atoms with van der Waals surface area (Å²) in [6, 6.07) is 11.6. The Hall–Kier alpha value is -2.40. The van der Waals surface area contributed by atoms with Gasteiger partial charge < -0.3 is 19.9 Å². The van der Waals surface area contributed by atoms with Gasteiger partial charge in [-0.25, -0.2) is 0 Å². The Bertz CT molecular complexity index is 763. The van der Waals surface area contributed by atoms with E-state index in [9.17, 15) is 4.79 Å². The van der Waals surface area contributed by atoms with Gasteiger partial charge in [0.15, 0.2) is 11.5 Å². The fraction of sp³-hybridized carbons (Fsp3) is 0.316. The number of aryl methyl sites for hydroxylation is 1. The molecule has 2 N–H and O–H groups in total. The Morgan fingerprint density at radius 2 is 2.00 bits per heavy atom. The van der Waals surface area contributed by atoms with Crippen LogP contribution in [0.2, 0.25) is 5.02 Å². The van der Waals surface area contributed by atoms with Gasteiger partial charge in [0.1, 0.15) is 0 Å². The molecule has 0 fully saturated rings. The van der Waals surface area contributed by atoms with Crippen LogP contribution in [0.1, 0.15) is 24.0 Å². The summed E-state index contributed by atoms with van der Waals surface area (Å²) in [6.45, 7) is 1.80. The third kappa shape index (κ3) is 4.79. The van der Waals surface area contributed by atoms with Crippen LogP contribution in [0.5, 0.6) is 11.5 Å². The number of hydrogen-bond acceptors (Lipinski definition) is 4. The lowest BCUT2D eigenvalue weighted by molar-refractivity contribution is -0.136. The molecule has 0 saturated carbocycles. The molecule has 0 bridgehead atoms. The highest BCUT2D eigenvalue weighted by Crippen LogP contribution is 2.38. The number of carboxylic acids is 1. The van der Waals surface area contributed by atoms with E-state index in [1.807, 2.05) is 36.4 Å². The molecule has 25 heavy (non-hydrogen) atoms. The van der Waals surface area contributed by atoms with Gasteiger partial charge in [-0.3, -0.25) is 4.79 Å². The van der Waals surface area contributed by atoms with Gasteiger partial charge in [0.25, 0.3) is 0 Å². The van der Waals surface area contributed by atoms with E-state index in [1.54, 1.807) is 0 Å². The smallest absolute Gasteiger partial charge is 0.303 e. The zero-order chi connectivity index (χ0) is 17.6. The first-order valence-corrected chi connectivity index (χ1v) is 8.62. The maximum absolute atomic E-state index is 10.7. The Kier molecular flexibility index (Phi) is 5.66. The predicted molar refractivity (Wildman–Crippen MR) is 96.8 cm³/mol. The van der Waals surface area contributed by atoms with Crippen molar-refractivity contribution in [2.75, 3.05) is 18.5 Å². The summed E-state index contributed by atoms with van der Waals surface area (Å²) in [5, 5.41) is 12.7. The summed E-state index contributed by atoms with van der Waals surface area (Å²) in [5.41, 5.74) is 2.92. The molecule has 2 aromatic carbocycles. The highest BCUT2D eigenvalue weighted by molar-refractivity contribution is 6.32. The number of ether oxygens (including phenoxy) is 2. The Morgan fingerprint density at radius 3 is 2.84 bits per heavy atom. The molecule has 2 aromatic rings. The van der Waals surface area contributed by atoms with Gasteiger partial charge >= 0.3 is 5.97 Å². The Labute approximate surface area is 151 Å². The topological polar surface area (TPSA) is 67.8 Å². The number of carbonyl (C=O) groups is 1. The monoisotopic (exact) mass is 361 g/mol. The van der Waals surface area contributed by atoms with Crippen molar-refractivity contribution in [1.29, 1.82) is 0 Å². The van der Waals surface area contributed by atoms with Crippen LogP contribution >= 0.6 is 11.6 Å². The zero-order valence-electron chi connectivity index (χ0n) is 13.8. The molecule has 0 saturated heterocycles. The zero-order valence-corrected chi connectivity index (χ0v) is 14.5. The van der Waals surface area contributed by atoms with Crippen molar-refractivity contribution in [2.45, 2.75) is 25.8 Å². The van der Waals surface area contributed by atoms with E-state index in [0.29, 0.717) is 42.7 Å². The van der Waals surface area contributed by atoms with E-state index in [4.69, 9.17) is 26.2 Å². The fourth-order valence-electron chi connectivity index (χ4n) is 2.68. The van der Waals surface area contributed by atoms with Crippen LogP contribution in [0.25, 0.3) is 0 Å².